The summed E-state index contributed by atoms with van der Waals surface area (Å²) in [4.78, 5) is 65.3. The van der Waals surface area contributed by atoms with Gasteiger partial charge in [0.1, 0.15) is 5.41 Å². The fraction of sp³-hybridized carbons (Fsp3) is 0.423. The number of carbonyl (C=O) groups excluding carboxylic acids is 3. The number of anilines is 2. The van der Waals surface area contributed by atoms with Crippen LogP contribution in [-0.2, 0) is 20.9 Å². The van der Waals surface area contributed by atoms with Gasteiger partial charge in [-0.3, -0.25) is 29.5 Å². The number of ketones is 1. The fourth-order valence-corrected chi connectivity index (χ4v) is 4.17. The Bertz CT molecular complexity index is 1380. The Labute approximate surface area is 219 Å². The van der Waals surface area contributed by atoms with Gasteiger partial charge in [-0.1, -0.05) is 6.42 Å². The summed E-state index contributed by atoms with van der Waals surface area (Å²) in [7, 11) is 1.62. The number of aromatic amines is 1. The summed E-state index contributed by atoms with van der Waals surface area (Å²) in [5.41, 5.74) is 0.265. The highest BCUT2D eigenvalue weighted by atomic mass is 16.5. The van der Waals surface area contributed by atoms with Crippen molar-refractivity contribution in [3.8, 4) is 0 Å². The molecule has 4 N–H and O–H groups in total. The van der Waals surface area contributed by atoms with E-state index in [1.807, 2.05) is 0 Å². The molecule has 4 rings (SSSR count). The minimum Gasteiger partial charge on any atom is -0.385 e. The molecule has 2 heterocycles. The molecule has 3 aromatic rings. The van der Waals surface area contributed by atoms with E-state index < -0.39 is 16.9 Å². The largest absolute Gasteiger partial charge is 0.385 e. The van der Waals surface area contributed by atoms with Crippen LogP contribution in [0.5, 0.6) is 0 Å². The number of rotatable bonds is 12. The number of H-pyrrole nitrogens is 1. The number of methoxy groups -OCH3 is 1. The number of unbranched alkanes of at least 4 members (excludes halogenated alkanes) is 1. The standard InChI is InChI=1S/C26H31N7O5/c1-16(34)17-6-8-18(9-7-17)28-14-19-15-29-21-20(30-19)22(35)32-25(31-21)33-24(37)26(10-5-11-26)23(36)27-12-3-4-13-38-2/h6-9,15,28H,3-5,10-14H2,1-2H3,(H,27,36)(H2,29,31,32,33,35,37). The van der Waals surface area contributed by atoms with E-state index in [0.29, 0.717) is 43.8 Å². The molecule has 1 aliphatic carbocycles. The van der Waals surface area contributed by atoms with Crippen LogP contribution in [0.3, 0.4) is 0 Å². The number of nitrogens with one attached hydrogen (secondary N) is 4. The number of amides is 2. The monoisotopic (exact) mass is 521 g/mol. The number of ether oxygens (including phenoxy) is 1. The Balaban J connectivity index is 1.41. The van der Waals surface area contributed by atoms with Crippen LogP contribution < -0.4 is 21.5 Å². The van der Waals surface area contributed by atoms with Gasteiger partial charge in [-0.25, -0.2) is 9.97 Å². The number of nitrogens with zero attached hydrogens (tertiary/aromatic N) is 3. The van der Waals surface area contributed by atoms with Crippen LogP contribution in [0.2, 0.25) is 0 Å². The molecular weight excluding hydrogens is 490 g/mol. The van der Waals surface area contributed by atoms with Crippen molar-refractivity contribution < 1.29 is 19.1 Å². The Morgan fingerprint density at radius 1 is 1.08 bits per heavy atom. The number of hydrogen-bond donors (Lipinski definition) is 4. The number of hydrogen-bond acceptors (Lipinski definition) is 9. The molecule has 0 aliphatic heterocycles. The molecule has 12 heteroatoms. The molecule has 0 saturated heterocycles. The maximum atomic E-state index is 13.1. The Morgan fingerprint density at radius 3 is 2.50 bits per heavy atom. The molecule has 1 saturated carbocycles. The van der Waals surface area contributed by atoms with Gasteiger partial charge >= 0.3 is 0 Å². The van der Waals surface area contributed by atoms with Gasteiger partial charge in [0, 0.05) is 31.5 Å². The molecular formula is C26H31N7O5. The Morgan fingerprint density at radius 2 is 1.84 bits per heavy atom. The molecule has 1 aliphatic rings. The van der Waals surface area contributed by atoms with Crippen LogP contribution >= 0.6 is 0 Å². The van der Waals surface area contributed by atoms with Crippen LogP contribution in [0.1, 0.15) is 55.1 Å². The summed E-state index contributed by atoms with van der Waals surface area (Å²) in [6, 6.07) is 7.01. The van der Waals surface area contributed by atoms with Crippen LogP contribution in [0.25, 0.3) is 11.2 Å². The number of fused-ring (bicyclic) bond motifs is 1. The normalized spacial score (nSPS) is 13.9. The summed E-state index contributed by atoms with van der Waals surface area (Å²) < 4.78 is 5.01. The van der Waals surface area contributed by atoms with Crippen molar-refractivity contribution in [2.45, 2.75) is 45.6 Å². The summed E-state index contributed by atoms with van der Waals surface area (Å²) in [5.74, 6) is -0.934. The highest BCUT2D eigenvalue weighted by Crippen LogP contribution is 2.42. The van der Waals surface area contributed by atoms with E-state index in [-0.39, 0.29) is 28.8 Å². The molecule has 200 valence electrons. The first-order valence-electron chi connectivity index (χ1n) is 12.5. The van der Waals surface area contributed by atoms with Gasteiger partial charge in [0.2, 0.25) is 17.8 Å². The maximum absolute atomic E-state index is 13.1. The lowest BCUT2D eigenvalue weighted by Gasteiger charge is -2.38. The SMILES string of the molecule is COCCCCNC(=O)C1(C(=O)Nc2nc3ncc(CNc4ccc(C(C)=O)cc4)nc3c(=O)[nH]2)CCC1. The van der Waals surface area contributed by atoms with Crippen LogP contribution in [0.15, 0.2) is 35.3 Å². The number of aromatic nitrogens is 4. The molecule has 0 spiro atoms. The first kappa shape index (κ1) is 26.9. The first-order chi connectivity index (χ1) is 18.3. The van der Waals surface area contributed by atoms with Gasteiger partial charge in [-0.2, -0.15) is 4.98 Å². The lowest BCUT2D eigenvalue weighted by atomic mass is 9.67. The average molecular weight is 522 g/mol. The van der Waals surface area contributed by atoms with E-state index in [2.05, 4.69) is 35.9 Å². The van der Waals surface area contributed by atoms with E-state index in [0.717, 1.165) is 24.9 Å². The third-order valence-corrected chi connectivity index (χ3v) is 6.60. The average Bonchev–Trinajstić information content (AvgIpc) is 2.87. The van der Waals surface area contributed by atoms with E-state index in [9.17, 15) is 19.2 Å². The van der Waals surface area contributed by atoms with E-state index >= 15 is 0 Å². The van der Waals surface area contributed by atoms with Gasteiger partial charge in [-0.05, 0) is 56.9 Å². The second-order valence-electron chi connectivity index (χ2n) is 9.28. The predicted octanol–water partition coefficient (Wildman–Crippen LogP) is 2.18. The second-order valence-corrected chi connectivity index (χ2v) is 9.28. The molecule has 0 radical (unpaired) electrons. The quantitative estimate of drug-likeness (QED) is 0.159. The van der Waals surface area contributed by atoms with Crippen LogP contribution in [0.4, 0.5) is 11.6 Å². The van der Waals surface area contributed by atoms with Gasteiger partial charge in [0.05, 0.1) is 18.4 Å². The lowest BCUT2D eigenvalue weighted by molar-refractivity contribution is -0.146. The Hall–Kier alpha value is -4.19. The van der Waals surface area contributed by atoms with E-state index in [1.165, 1.54) is 13.1 Å². The molecule has 2 amide bonds. The van der Waals surface area contributed by atoms with Gasteiger partial charge in [0.25, 0.3) is 5.56 Å². The molecule has 38 heavy (non-hydrogen) atoms. The highest BCUT2D eigenvalue weighted by Gasteiger charge is 2.50. The van der Waals surface area contributed by atoms with Gasteiger partial charge in [0.15, 0.2) is 16.9 Å². The second kappa shape index (κ2) is 11.9. The van der Waals surface area contributed by atoms with Crippen LogP contribution in [-0.4, -0.2) is 57.8 Å². The van der Waals surface area contributed by atoms with Gasteiger partial charge in [-0.15, -0.1) is 0 Å². The summed E-state index contributed by atoms with van der Waals surface area (Å²) in [6.07, 6.45) is 4.66. The minimum absolute atomic E-state index is 0.0147. The van der Waals surface area contributed by atoms with E-state index in [4.69, 9.17) is 4.74 Å². The van der Waals surface area contributed by atoms with Crippen molar-refractivity contribution in [2.75, 3.05) is 30.9 Å². The summed E-state index contributed by atoms with van der Waals surface area (Å²) >= 11 is 0. The van der Waals surface area contributed by atoms with Crippen LogP contribution in [0, 0.1) is 5.41 Å². The van der Waals surface area contributed by atoms with E-state index in [1.54, 1.807) is 31.4 Å². The zero-order chi connectivity index (χ0) is 27.1. The first-order valence-corrected chi connectivity index (χ1v) is 12.5. The number of Topliss-reactive ketones (excluding diaryl/α,β-unsaturated/α-hetero) is 1. The van der Waals surface area contributed by atoms with Crippen molar-refractivity contribution in [1.29, 1.82) is 0 Å². The predicted molar refractivity (Wildman–Crippen MR) is 141 cm³/mol. The molecule has 1 aromatic carbocycles. The van der Waals surface area contributed by atoms with Gasteiger partial charge < -0.3 is 15.4 Å². The number of carbonyl (C=O) groups is 3. The maximum Gasteiger partial charge on any atom is 0.280 e. The third-order valence-electron chi connectivity index (χ3n) is 6.60. The van der Waals surface area contributed by atoms with Crippen molar-refractivity contribution in [3.63, 3.8) is 0 Å². The highest BCUT2D eigenvalue weighted by molar-refractivity contribution is 6.11. The third kappa shape index (κ3) is 6.02. The summed E-state index contributed by atoms with van der Waals surface area (Å²) in [6.45, 7) is 2.87. The zero-order valence-electron chi connectivity index (χ0n) is 21.4. The minimum atomic E-state index is -1.18. The molecule has 1 fully saturated rings. The molecule has 2 aromatic heterocycles. The molecule has 0 unspecified atom stereocenters. The fourth-order valence-electron chi connectivity index (χ4n) is 4.17. The van der Waals surface area contributed by atoms with Crippen molar-refractivity contribution in [2.24, 2.45) is 5.41 Å². The zero-order valence-corrected chi connectivity index (χ0v) is 21.4. The van der Waals surface area contributed by atoms with Crippen molar-refractivity contribution in [1.82, 2.24) is 25.3 Å². The Kier molecular flexibility index (Phi) is 8.41. The summed E-state index contributed by atoms with van der Waals surface area (Å²) in [5, 5.41) is 8.60. The van der Waals surface area contributed by atoms with Crippen molar-refractivity contribution >= 4 is 40.4 Å². The number of benzene rings is 1. The molecule has 0 atom stereocenters. The lowest BCUT2D eigenvalue weighted by Crippen LogP contribution is -2.53. The smallest absolute Gasteiger partial charge is 0.280 e. The molecule has 0 bridgehead atoms. The molecule has 12 nitrogen and oxygen atoms in total. The topological polar surface area (TPSA) is 168 Å². The van der Waals surface area contributed by atoms with Crippen molar-refractivity contribution in [3.05, 3.63) is 52.1 Å².